The highest BCUT2D eigenvalue weighted by atomic mass is 16.5. The number of nitrogens with zero attached hydrogens (tertiary/aromatic N) is 3. The predicted molar refractivity (Wildman–Crippen MR) is 172 cm³/mol. The third-order valence-electron chi connectivity index (χ3n) is 10.1. The number of aliphatic hydroxyl groups is 1. The van der Waals surface area contributed by atoms with Crippen LogP contribution >= 0.6 is 0 Å². The van der Waals surface area contributed by atoms with E-state index < -0.39 is 35.1 Å². The van der Waals surface area contributed by atoms with Gasteiger partial charge in [0.15, 0.2) is 0 Å². The molecular weight excluding hydrogens is 554 g/mol. The quantitative estimate of drug-likeness (QED) is 0.348. The summed E-state index contributed by atoms with van der Waals surface area (Å²) in [5.41, 5.74) is 1.28. The first-order valence-corrected chi connectivity index (χ1v) is 15.7. The molecule has 0 radical (unpaired) electrons. The highest BCUT2D eigenvalue weighted by Crippen LogP contribution is 2.65. The molecule has 2 aromatic rings. The van der Waals surface area contributed by atoms with Crippen LogP contribution in [0.15, 0.2) is 73.8 Å². The van der Waals surface area contributed by atoms with E-state index in [-0.39, 0.29) is 37.4 Å². The normalized spacial score (nSPS) is 27.6. The van der Waals surface area contributed by atoms with Gasteiger partial charge in [0.1, 0.15) is 11.6 Å². The average molecular weight is 600 g/mol. The van der Waals surface area contributed by atoms with Crippen molar-refractivity contribution < 1.29 is 24.2 Å². The number of benzene rings is 2. The molecule has 3 amide bonds. The summed E-state index contributed by atoms with van der Waals surface area (Å²) in [7, 11) is 0. The van der Waals surface area contributed by atoms with E-state index in [2.05, 4.69) is 13.2 Å². The van der Waals surface area contributed by atoms with Crippen molar-refractivity contribution in [3.63, 3.8) is 0 Å². The number of likely N-dealkylation sites (tertiary alicyclic amines) is 1. The van der Waals surface area contributed by atoms with Crippen LogP contribution in [0.25, 0.3) is 0 Å². The van der Waals surface area contributed by atoms with E-state index in [0.717, 1.165) is 16.8 Å². The Morgan fingerprint density at radius 3 is 2.34 bits per heavy atom. The summed E-state index contributed by atoms with van der Waals surface area (Å²) < 4.78 is 7.02. The topological polar surface area (TPSA) is 90.4 Å². The first-order valence-electron chi connectivity index (χ1n) is 15.7. The van der Waals surface area contributed by atoms with Gasteiger partial charge in [0.25, 0.3) is 5.91 Å². The number of hydrogen-bond acceptors (Lipinski definition) is 5. The highest BCUT2D eigenvalue weighted by Gasteiger charge is 2.79. The predicted octanol–water partition coefficient (Wildman–Crippen LogP) is 4.97. The highest BCUT2D eigenvalue weighted by molar-refractivity contribution is 6.07. The zero-order chi connectivity index (χ0) is 31.8. The van der Waals surface area contributed by atoms with Gasteiger partial charge in [-0.3, -0.25) is 14.4 Å². The SMILES string of the molecule is C=CCN(C(=O)[C@H]1[C@H]2C(=O)N([C@@H](CC)CO)C(C(=O)N(CC=C)c3cc(C)ccc3C)C23CC[C@]1(CC)O3)c1ccccc1. The molecule has 3 aliphatic rings. The third-order valence-corrected chi connectivity index (χ3v) is 10.1. The second-order valence-corrected chi connectivity index (χ2v) is 12.4. The minimum Gasteiger partial charge on any atom is -0.394 e. The van der Waals surface area contributed by atoms with Crippen molar-refractivity contribution in [2.24, 2.45) is 11.8 Å². The number of rotatable bonds is 12. The van der Waals surface area contributed by atoms with E-state index in [9.17, 15) is 19.5 Å². The molecule has 0 aliphatic carbocycles. The lowest BCUT2D eigenvalue weighted by Crippen LogP contribution is -2.59. The number of hydrogen-bond donors (Lipinski definition) is 1. The number of amides is 3. The maximum atomic E-state index is 15.0. The van der Waals surface area contributed by atoms with Crippen LogP contribution in [-0.2, 0) is 19.1 Å². The van der Waals surface area contributed by atoms with Gasteiger partial charge in [0.2, 0.25) is 11.8 Å². The Morgan fingerprint density at radius 1 is 1.05 bits per heavy atom. The molecule has 234 valence electrons. The molecule has 6 atom stereocenters. The molecule has 3 fully saturated rings. The van der Waals surface area contributed by atoms with Crippen LogP contribution in [0, 0.1) is 25.7 Å². The number of carbonyl (C=O) groups is 3. The van der Waals surface area contributed by atoms with E-state index in [1.165, 1.54) is 0 Å². The Labute approximate surface area is 261 Å². The Kier molecular flexibility index (Phi) is 8.87. The molecule has 0 aromatic heterocycles. The fraction of sp³-hybridized carbons (Fsp3) is 0.472. The van der Waals surface area contributed by atoms with Crippen LogP contribution in [0.4, 0.5) is 11.4 Å². The Hall–Kier alpha value is -3.75. The molecule has 8 heteroatoms. The lowest BCUT2D eigenvalue weighted by Gasteiger charge is -2.39. The molecule has 8 nitrogen and oxygen atoms in total. The first-order chi connectivity index (χ1) is 21.1. The minimum absolute atomic E-state index is 0.208. The molecule has 5 rings (SSSR count). The molecule has 0 saturated carbocycles. The largest absolute Gasteiger partial charge is 0.394 e. The minimum atomic E-state index is -1.21. The van der Waals surface area contributed by atoms with Gasteiger partial charge in [-0.15, -0.1) is 13.2 Å². The van der Waals surface area contributed by atoms with Crippen molar-refractivity contribution in [1.29, 1.82) is 0 Å². The summed E-state index contributed by atoms with van der Waals surface area (Å²) in [4.78, 5) is 49.3. The second kappa shape index (κ2) is 12.3. The van der Waals surface area contributed by atoms with Gasteiger partial charge in [-0.1, -0.05) is 56.3 Å². The Bertz CT molecular complexity index is 1440. The summed E-state index contributed by atoms with van der Waals surface area (Å²) in [5.74, 6) is -2.45. The van der Waals surface area contributed by atoms with Crippen molar-refractivity contribution in [3.8, 4) is 0 Å². The number of para-hydroxylation sites is 1. The van der Waals surface area contributed by atoms with Crippen LogP contribution in [0.3, 0.4) is 0 Å². The lowest BCUT2D eigenvalue weighted by atomic mass is 9.64. The van der Waals surface area contributed by atoms with E-state index in [1.54, 1.807) is 26.9 Å². The van der Waals surface area contributed by atoms with E-state index >= 15 is 0 Å². The number of ether oxygens (including phenoxy) is 1. The van der Waals surface area contributed by atoms with Crippen molar-refractivity contribution >= 4 is 29.1 Å². The van der Waals surface area contributed by atoms with Gasteiger partial charge in [0, 0.05) is 24.5 Å². The van der Waals surface area contributed by atoms with Gasteiger partial charge in [0.05, 0.1) is 30.1 Å². The summed E-state index contributed by atoms with van der Waals surface area (Å²) >= 11 is 0. The van der Waals surface area contributed by atoms with Crippen molar-refractivity contribution in [2.75, 3.05) is 29.5 Å². The molecule has 1 spiro atoms. The van der Waals surface area contributed by atoms with Crippen LogP contribution in [-0.4, -0.2) is 70.7 Å². The van der Waals surface area contributed by atoms with Crippen LogP contribution in [0.5, 0.6) is 0 Å². The second-order valence-electron chi connectivity index (χ2n) is 12.4. The van der Waals surface area contributed by atoms with Gasteiger partial charge >= 0.3 is 0 Å². The number of anilines is 2. The molecule has 3 heterocycles. The third kappa shape index (κ3) is 4.79. The maximum Gasteiger partial charge on any atom is 0.253 e. The molecule has 3 aliphatic heterocycles. The van der Waals surface area contributed by atoms with E-state index in [0.29, 0.717) is 31.4 Å². The zero-order valence-electron chi connectivity index (χ0n) is 26.4. The maximum absolute atomic E-state index is 15.0. The van der Waals surface area contributed by atoms with Crippen LogP contribution in [0.2, 0.25) is 0 Å². The number of carbonyl (C=O) groups excluding carboxylic acids is 3. The van der Waals surface area contributed by atoms with E-state index in [1.807, 2.05) is 76.2 Å². The van der Waals surface area contributed by atoms with Gasteiger partial charge in [-0.05, 0) is 68.9 Å². The number of aliphatic hydroxyl groups excluding tert-OH is 1. The number of fused-ring (bicyclic) bond motifs is 1. The molecular formula is C36H45N3O5. The smallest absolute Gasteiger partial charge is 0.253 e. The van der Waals surface area contributed by atoms with Crippen LogP contribution < -0.4 is 9.80 Å². The molecule has 1 N–H and O–H groups in total. The van der Waals surface area contributed by atoms with Crippen molar-refractivity contribution in [3.05, 3.63) is 85.0 Å². The summed E-state index contributed by atoms with van der Waals surface area (Å²) in [6.07, 6.45) is 5.36. The van der Waals surface area contributed by atoms with Gasteiger partial charge in [-0.25, -0.2) is 0 Å². The first kappa shape index (κ1) is 31.7. The standard InChI is InChI=1S/C36H45N3O5/c1-7-20-37(27-14-12-11-13-15-27)32(41)29-30-33(42)39(26(9-3)23-40)31(36(30)19-18-35(29,10-4)44-36)34(43)38(21-8-2)28-22-24(5)16-17-25(28)6/h7-8,11-17,22,26,29-31,40H,1-2,9-10,18-21,23H2,3-6H3/t26-,29+,30-,31?,35-,36?/m0/s1. The molecule has 2 bridgehead atoms. The van der Waals surface area contributed by atoms with Crippen molar-refractivity contribution in [1.82, 2.24) is 4.90 Å². The van der Waals surface area contributed by atoms with Crippen LogP contribution in [0.1, 0.15) is 50.7 Å². The summed E-state index contributed by atoms with van der Waals surface area (Å²) in [5, 5.41) is 10.5. The molecule has 2 aromatic carbocycles. The number of aryl methyl sites for hydroxylation is 2. The monoisotopic (exact) mass is 599 g/mol. The average Bonchev–Trinajstić information content (AvgIpc) is 3.64. The molecule has 44 heavy (non-hydrogen) atoms. The summed E-state index contributed by atoms with van der Waals surface area (Å²) in [6, 6.07) is 13.7. The zero-order valence-corrected chi connectivity index (χ0v) is 26.4. The fourth-order valence-electron chi connectivity index (χ4n) is 7.94. The van der Waals surface area contributed by atoms with Crippen molar-refractivity contribution in [2.45, 2.75) is 76.7 Å². The molecule has 2 unspecified atom stereocenters. The Balaban J connectivity index is 1.66. The van der Waals surface area contributed by atoms with Gasteiger partial charge < -0.3 is 24.5 Å². The Morgan fingerprint density at radius 2 is 1.73 bits per heavy atom. The van der Waals surface area contributed by atoms with E-state index in [4.69, 9.17) is 4.74 Å². The lowest BCUT2D eigenvalue weighted by molar-refractivity contribution is -0.149. The molecule has 3 saturated heterocycles. The summed E-state index contributed by atoms with van der Waals surface area (Å²) in [6.45, 7) is 15.8. The van der Waals surface area contributed by atoms with Gasteiger partial charge in [-0.2, -0.15) is 0 Å². The fourth-order valence-corrected chi connectivity index (χ4v) is 7.94.